The number of hydrogen-bond donors (Lipinski definition) is 3. The molecule has 9 nitrogen and oxygen atoms in total. The second-order valence-corrected chi connectivity index (χ2v) is 7.44. The number of anilines is 1. The molecule has 3 N–H and O–H groups in total. The highest BCUT2D eigenvalue weighted by Gasteiger charge is 2.22. The number of hydrogen-bond acceptors (Lipinski definition) is 6. The molecule has 0 unspecified atom stereocenters. The molecule has 28 heavy (non-hydrogen) atoms. The molecule has 0 bridgehead atoms. The second-order valence-electron chi connectivity index (χ2n) is 6.05. The number of amides is 1. The topological polar surface area (TPSA) is 147 Å². The predicted octanol–water partition coefficient (Wildman–Crippen LogP) is 3.26. The summed E-state index contributed by atoms with van der Waals surface area (Å²) < 4.78 is 32.5. The van der Waals surface area contributed by atoms with Crippen molar-refractivity contribution in [2.45, 2.75) is 11.8 Å². The van der Waals surface area contributed by atoms with Crippen LogP contribution in [0.4, 0.5) is 11.4 Å². The van der Waals surface area contributed by atoms with Gasteiger partial charge in [-0.15, -0.1) is 0 Å². The number of benzene rings is 3. The van der Waals surface area contributed by atoms with Crippen molar-refractivity contribution in [2.75, 3.05) is 5.32 Å². The Balaban J connectivity index is 2.13. The van der Waals surface area contributed by atoms with Crippen LogP contribution in [-0.2, 0) is 10.1 Å². The summed E-state index contributed by atoms with van der Waals surface area (Å²) in [4.78, 5) is 22.7. The fourth-order valence-electron chi connectivity index (χ4n) is 2.82. The van der Waals surface area contributed by atoms with Crippen LogP contribution in [0.2, 0.25) is 0 Å². The van der Waals surface area contributed by atoms with Crippen LogP contribution in [0.3, 0.4) is 0 Å². The highest BCUT2D eigenvalue weighted by molar-refractivity contribution is 7.86. The number of nitro groups is 1. The minimum atomic E-state index is -4.58. The number of phenols is 1. The summed E-state index contributed by atoms with van der Waals surface area (Å²) in [5.74, 6) is -1.00. The van der Waals surface area contributed by atoms with Crippen LogP contribution in [0.15, 0.2) is 53.4 Å². The first-order valence-electron chi connectivity index (χ1n) is 7.87. The molecule has 0 aliphatic rings. The maximum Gasteiger partial charge on any atom is 0.295 e. The highest BCUT2D eigenvalue weighted by Crippen LogP contribution is 2.33. The summed E-state index contributed by atoms with van der Waals surface area (Å²) in [6, 6.07) is 10.2. The number of carbonyl (C=O) groups is 1. The molecular weight excluding hydrogens is 388 g/mol. The van der Waals surface area contributed by atoms with Gasteiger partial charge < -0.3 is 10.4 Å². The molecule has 0 atom stereocenters. The van der Waals surface area contributed by atoms with Crippen molar-refractivity contribution in [3.05, 3.63) is 69.8 Å². The number of phenolic OH excluding ortho intramolecular Hbond substituents is 1. The molecule has 3 rings (SSSR count). The summed E-state index contributed by atoms with van der Waals surface area (Å²) in [6.07, 6.45) is 0. The Morgan fingerprint density at radius 1 is 1.07 bits per heavy atom. The minimum absolute atomic E-state index is 0.0148. The Morgan fingerprint density at radius 2 is 1.79 bits per heavy atom. The van der Waals surface area contributed by atoms with Crippen LogP contribution >= 0.6 is 0 Å². The van der Waals surface area contributed by atoms with Crippen LogP contribution in [0.25, 0.3) is 10.8 Å². The maximum absolute atomic E-state index is 12.7. The van der Waals surface area contributed by atoms with Crippen LogP contribution in [0.5, 0.6) is 5.75 Å². The normalized spacial score (nSPS) is 11.4. The first-order valence-corrected chi connectivity index (χ1v) is 9.31. The van der Waals surface area contributed by atoms with Gasteiger partial charge in [0.25, 0.3) is 21.7 Å². The molecule has 144 valence electrons. The smallest absolute Gasteiger partial charge is 0.295 e. The lowest BCUT2D eigenvalue weighted by Gasteiger charge is -2.12. The van der Waals surface area contributed by atoms with E-state index in [0.717, 1.165) is 12.1 Å². The number of rotatable bonds is 4. The molecular formula is C18H14N2O7S. The molecule has 0 fully saturated rings. The van der Waals surface area contributed by atoms with Gasteiger partial charge in [-0.1, -0.05) is 6.07 Å². The van der Waals surface area contributed by atoms with Crippen molar-refractivity contribution in [2.24, 2.45) is 0 Å². The maximum atomic E-state index is 12.7. The van der Waals surface area contributed by atoms with Crippen molar-refractivity contribution in [1.82, 2.24) is 0 Å². The largest absolute Gasteiger partial charge is 0.508 e. The van der Waals surface area contributed by atoms with Gasteiger partial charge in [0.1, 0.15) is 16.2 Å². The average Bonchev–Trinajstić information content (AvgIpc) is 2.60. The van der Waals surface area contributed by atoms with Gasteiger partial charge in [0.05, 0.1) is 4.92 Å². The number of aromatic hydroxyl groups is 1. The van der Waals surface area contributed by atoms with Crippen molar-refractivity contribution < 1.29 is 27.8 Å². The molecule has 0 radical (unpaired) electrons. The monoisotopic (exact) mass is 402 g/mol. The van der Waals surface area contributed by atoms with Gasteiger partial charge in [-0.25, -0.2) is 0 Å². The van der Waals surface area contributed by atoms with Crippen LogP contribution in [-0.4, -0.2) is 28.9 Å². The third kappa shape index (κ3) is 3.63. The van der Waals surface area contributed by atoms with E-state index in [4.69, 9.17) is 0 Å². The number of fused-ring (bicyclic) bond motifs is 1. The lowest BCUT2D eigenvalue weighted by atomic mass is 10.1. The van der Waals surface area contributed by atoms with Crippen molar-refractivity contribution in [3.8, 4) is 5.75 Å². The van der Waals surface area contributed by atoms with Gasteiger partial charge in [-0.05, 0) is 48.9 Å². The Labute approximate surface area is 159 Å². The number of nitrogens with one attached hydrogen (secondary N) is 1. The molecule has 0 aromatic heterocycles. The molecule has 0 aliphatic heterocycles. The third-order valence-corrected chi connectivity index (χ3v) is 4.99. The Morgan fingerprint density at radius 3 is 2.43 bits per heavy atom. The molecule has 1 amide bonds. The average molecular weight is 402 g/mol. The summed E-state index contributed by atoms with van der Waals surface area (Å²) in [5.41, 5.74) is 0.269. The lowest BCUT2D eigenvalue weighted by Crippen LogP contribution is -2.15. The summed E-state index contributed by atoms with van der Waals surface area (Å²) in [5, 5.41) is 23.6. The molecule has 0 saturated heterocycles. The van der Waals surface area contributed by atoms with E-state index in [1.807, 2.05) is 0 Å². The van der Waals surface area contributed by atoms with Gasteiger partial charge in [-0.3, -0.25) is 19.5 Å². The van der Waals surface area contributed by atoms with E-state index in [0.29, 0.717) is 5.56 Å². The first kappa shape index (κ1) is 19.3. The Kier molecular flexibility index (Phi) is 4.75. The van der Waals surface area contributed by atoms with Gasteiger partial charge in [0.2, 0.25) is 0 Å². The molecule has 0 heterocycles. The van der Waals surface area contributed by atoms with E-state index in [9.17, 15) is 33.0 Å². The molecule has 0 spiro atoms. The highest BCUT2D eigenvalue weighted by atomic mass is 32.2. The van der Waals surface area contributed by atoms with Gasteiger partial charge in [-0.2, -0.15) is 8.42 Å². The van der Waals surface area contributed by atoms with Crippen LogP contribution in [0.1, 0.15) is 15.9 Å². The molecule has 0 saturated carbocycles. The molecule has 3 aromatic rings. The van der Waals surface area contributed by atoms with Crippen molar-refractivity contribution in [1.29, 1.82) is 0 Å². The van der Waals surface area contributed by atoms with E-state index >= 15 is 0 Å². The number of carbonyl (C=O) groups excluding carboxylic acids is 1. The minimum Gasteiger partial charge on any atom is -0.508 e. The number of aryl methyl sites for hydroxylation is 1. The zero-order chi connectivity index (χ0) is 20.6. The SMILES string of the molecule is Cc1ccc([N+](=O)[O-])c(C(=O)Nc2ccc(S(=O)(=O)O)c3cc(O)ccc23)c1. The van der Waals surface area contributed by atoms with Gasteiger partial charge >= 0.3 is 0 Å². The van der Waals surface area contributed by atoms with E-state index < -0.39 is 25.8 Å². The molecule has 3 aromatic carbocycles. The summed E-state index contributed by atoms with van der Waals surface area (Å²) in [6.45, 7) is 1.68. The van der Waals surface area contributed by atoms with Crippen LogP contribution in [0, 0.1) is 17.0 Å². The van der Waals surface area contributed by atoms with Crippen LogP contribution < -0.4 is 5.32 Å². The fourth-order valence-corrected chi connectivity index (χ4v) is 3.51. The second kappa shape index (κ2) is 6.91. The number of nitrogens with zero attached hydrogens (tertiary/aromatic N) is 1. The lowest BCUT2D eigenvalue weighted by molar-refractivity contribution is -0.385. The molecule has 10 heteroatoms. The van der Waals surface area contributed by atoms with Gasteiger partial charge in [0, 0.05) is 22.5 Å². The Hall–Kier alpha value is -3.50. The summed E-state index contributed by atoms with van der Waals surface area (Å²) >= 11 is 0. The van der Waals surface area contributed by atoms with Crippen molar-refractivity contribution in [3.63, 3.8) is 0 Å². The predicted molar refractivity (Wildman–Crippen MR) is 101 cm³/mol. The van der Waals surface area contributed by atoms with E-state index in [1.54, 1.807) is 6.92 Å². The van der Waals surface area contributed by atoms with E-state index in [1.165, 1.54) is 36.4 Å². The van der Waals surface area contributed by atoms with E-state index in [2.05, 4.69) is 5.32 Å². The fraction of sp³-hybridized carbons (Fsp3) is 0.0556. The van der Waals surface area contributed by atoms with Crippen molar-refractivity contribution >= 4 is 38.2 Å². The molecule has 0 aliphatic carbocycles. The first-order chi connectivity index (χ1) is 13.1. The Bertz CT molecular complexity index is 1240. The van der Waals surface area contributed by atoms with Gasteiger partial charge in [0.15, 0.2) is 0 Å². The van der Waals surface area contributed by atoms with E-state index in [-0.39, 0.29) is 33.5 Å². The standard InChI is InChI=1S/C18H14N2O7S/c1-10-2-6-16(20(23)24)14(8-10)18(22)19-15-5-7-17(28(25,26)27)13-9-11(21)3-4-12(13)15/h2-9,21H,1H3,(H,19,22)(H,25,26,27). The quantitative estimate of drug-likeness (QED) is 0.345. The zero-order valence-corrected chi connectivity index (χ0v) is 15.2. The number of nitro benzene ring substituents is 1. The third-order valence-electron chi connectivity index (χ3n) is 4.08. The summed E-state index contributed by atoms with van der Waals surface area (Å²) in [7, 11) is -4.58. The zero-order valence-electron chi connectivity index (χ0n) is 14.4.